The van der Waals surface area contributed by atoms with Gasteiger partial charge in [0.25, 0.3) is 0 Å². The van der Waals surface area contributed by atoms with Gasteiger partial charge in [-0.2, -0.15) is 0 Å². The molecule has 0 aliphatic heterocycles. The van der Waals surface area contributed by atoms with Crippen LogP contribution in [0.1, 0.15) is 11.1 Å². The standard InChI is InChI=1S/C16H20N2/c1-18(2)13-15-10-6-7-11-16(15)17-12-14-8-4-3-5-9-14/h3-11,17H,12-13H2,1-2H3. The van der Waals surface area contributed by atoms with Gasteiger partial charge in [0, 0.05) is 18.8 Å². The van der Waals surface area contributed by atoms with Crippen molar-refractivity contribution in [3.8, 4) is 0 Å². The van der Waals surface area contributed by atoms with Gasteiger partial charge in [-0.15, -0.1) is 0 Å². The van der Waals surface area contributed by atoms with E-state index in [0.29, 0.717) is 0 Å². The molecule has 2 aromatic rings. The molecule has 0 saturated heterocycles. The van der Waals surface area contributed by atoms with E-state index < -0.39 is 0 Å². The molecule has 0 radical (unpaired) electrons. The van der Waals surface area contributed by atoms with Crippen LogP contribution in [0.2, 0.25) is 0 Å². The summed E-state index contributed by atoms with van der Waals surface area (Å²) in [7, 11) is 4.18. The van der Waals surface area contributed by atoms with Crippen LogP contribution in [0.5, 0.6) is 0 Å². The Bertz CT molecular complexity index is 477. The zero-order valence-electron chi connectivity index (χ0n) is 11.1. The topological polar surface area (TPSA) is 15.3 Å². The number of rotatable bonds is 5. The molecule has 0 aliphatic rings. The SMILES string of the molecule is CN(C)Cc1ccccc1NCc1ccccc1. The fourth-order valence-electron chi connectivity index (χ4n) is 1.96. The minimum atomic E-state index is 0.866. The molecular formula is C16H20N2. The van der Waals surface area contributed by atoms with Crippen LogP contribution in [0.3, 0.4) is 0 Å². The third-order valence-corrected chi connectivity index (χ3v) is 2.83. The predicted molar refractivity (Wildman–Crippen MR) is 77.6 cm³/mol. The number of nitrogens with one attached hydrogen (secondary N) is 1. The Hall–Kier alpha value is -1.80. The van der Waals surface area contributed by atoms with Crippen LogP contribution in [-0.2, 0) is 13.1 Å². The van der Waals surface area contributed by atoms with E-state index in [1.54, 1.807) is 0 Å². The summed E-state index contributed by atoms with van der Waals surface area (Å²) in [5, 5.41) is 3.51. The van der Waals surface area contributed by atoms with Crippen molar-refractivity contribution in [2.24, 2.45) is 0 Å². The molecule has 0 saturated carbocycles. The van der Waals surface area contributed by atoms with Crippen LogP contribution in [0.15, 0.2) is 54.6 Å². The van der Waals surface area contributed by atoms with Crippen molar-refractivity contribution in [1.29, 1.82) is 0 Å². The molecule has 1 N–H and O–H groups in total. The van der Waals surface area contributed by atoms with E-state index in [-0.39, 0.29) is 0 Å². The van der Waals surface area contributed by atoms with E-state index in [4.69, 9.17) is 0 Å². The highest BCUT2D eigenvalue weighted by Gasteiger charge is 2.02. The second-order valence-corrected chi connectivity index (χ2v) is 4.73. The third kappa shape index (κ3) is 3.60. The lowest BCUT2D eigenvalue weighted by atomic mass is 10.1. The van der Waals surface area contributed by atoms with Gasteiger partial charge >= 0.3 is 0 Å². The van der Waals surface area contributed by atoms with E-state index in [9.17, 15) is 0 Å². The van der Waals surface area contributed by atoms with Gasteiger partial charge in [-0.1, -0.05) is 48.5 Å². The molecule has 0 spiro atoms. The van der Waals surface area contributed by atoms with Crippen LogP contribution in [-0.4, -0.2) is 19.0 Å². The fourth-order valence-corrected chi connectivity index (χ4v) is 1.96. The lowest BCUT2D eigenvalue weighted by Crippen LogP contribution is -2.12. The average molecular weight is 240 g/mol. The minimum Gasteiger partial charge on any atom is -0.381 e. The lowest BCUT2D eigenvalue weighted by molar-refractivity contribution is 0.403. The monoisotopic (exact) mass is 240 g/mol. The Morgan fingerprint density at radius 3 is 2.28 bits per heavy atom. The molecule has 0 atom stereocenters. The van der Waals surface area contributed by atoms with Crippen LogP contribution in [0.4, 0.5) is 5.69 Å². The van der Waals surface area contributed by atoms with Crippen molar-refractivity contribution >= 4 is 5.69 Å². The first-order valence-corrected chi connectivity index (χ1v) is 6.26. The summed E-state index contributed by atoms with van der Waals surface area (Å²) < 4.78 is 0. The maximum absolute atomic E-state index is 3.51. The van der Waals surface area contributed by atoms with Gasteiger partial charge in [0.2, 0.25) is 0 Å². The second kappa shape index (κ2) is 6.22. The average Bonchev–Trinajstić information content (AvgIpc) is 2.38. The highest BCUT2D eigenvalue weighted by Crippen LogP contribution is 2.17. The molecular weight excluding hydrogens is 220 g/mol. The zero-order chi connectivity index (χ0) is 12.8. The largest absolute Gasteiger partial charge is 0.381 e. The van der Waals surface area contributed by atoms with Crippen molar-refractivity contribution in [2.45, 2.75) is 13.1 Å². The summed E-state index contributed by atoms with van der Waals surface area (Å²) in [6.07, 6.45) is 0. The molecule has 0 bridgehead atoms. The second-order valence-electron chi connectivity index (χ2n) is 4.73. The Balaban J connectivity index is 2.05. The predicted octanol–water partition coefficient (Wildman–Crippen LogP) is 3.36. The summed E-state index contributed by atoms with van der Waals surface area (Å²) in [6, 6.07) is 19.0. The maximum Gasteiger partial charge on any atom is 0.0400 e. The van der Waals surface area contributed by atoms with Crippen molar-refractivity contribution < 1.29 is 0 Å². The van der Waals surface area contributed by atoms with Gasteiger partial charge in [-0.3, -0.25) is 0 Å². The minimum absolute atomic E-state index is 0.866. The van der Waals surface area contributed by atoms with Gasteiger partial charge in [0.1, 0.15) is 0 Å². The maximum atomic E-state index is 3.51. The Labute approximate surface area is 109 Å². The molecule has 2 heteroatoms. The zero-order valence-corrected chi connectivity index (χ0v) is 11.1. The highest BCUT2D eigenvalue weighted by molar-refractivity contribution is 5.51. The van der Waals surface area contributed by atoms with Gasteiger partial charge in [0.05, 0.1) is 0 Å². The molecule has 0 unspecified atom stereocenters. The summed E-state index contributed by atoms with van der Waals surface area (Å²) in [5.41, 5.74) is 3.85. The lowest BCUT2D eigenvalue weighted by Gasteiger charge is -2.15. The van der Waals surface area contributed by atoms with Crippen LogP contribution in [0.25, 0.3) is 0 Å². The van der Waals surface area contributed by atoms with Crippen molar-refractivity contribution in [3.05, 3.63) is 65.7 Å². The summed E-state index contributed by atoms with van der Waals surface area (Å²) >= 11 is 0. The fraction of sp³-hybridized carbons (Fsp3) is 0.250. The van der Waals surface area contributed by atoms with E-state index in [0.717, 1.165) is 13.1 Å². The third-order valence-electron chi connectivity index (χ3n) is 2.83. The molecule has 2 rings (SSSR count). The quantitative estimate of drug-likeness (QED) is 0.862. The molecule has 0 heterocycles. The van der Waals surface area contributed by atoms with Gasteiger partial charge in [-0.25, -0.2) is 0 Å². The number of benzene rings is 2. The number of hydrogen-bond acceptors (Lipinski definition) is 2. The first-order chi connectivity index (χ1) is 8.75. The summed E-state index contributed by atoms with van der Waals surface area (Å²) in [6.45, 7) is 1.82. The Morgan fingerprint density at radius 1 is 0.889 bits per heavy atom. The number of hydrogen-bond donors (Lipinski definition) is 1. The number of nitrogens with zero attached hydrogens (tertiary/aromatic N) is 1. The molecule has 0 aliphatic carbocycles. The Kier molecular flexibility index (Phi) is 4.37. The van der Waals surface area contributed by atoms with Crippen molar-refractivity contribution in [3.63, 3.8) is 0 Å². The van der Waals surface area contributed by atoms with E-state index in [1.807, 2.05) is 6.07 Å². The number of anilines is 1. The highest BCUT2D eigenvalue weighted by atomic mass is 15.1. The summed E-state index contributed by atoms with van der Waals surface area (Å²) in [5.74, 6) is 0. The molecule has 2 aromatic carbocycles. The molecule has 0 aromatic heterocycles. The molecule has 18 heavy (non-hydrogen) atoms. The van der Waals surface area contributed by atoms with Crippen LogP contribution < -0.4 is 5.32 Å². The van der Waals surface area contributed by atoms with Crippen LogP contribution in [0, 0.1) is 0 Å². The number of para-hydroxylation sites is 1. The van der Waals surface area contributed by atoms with E-state index in [1.165, 1.54) is 16.8 Å². The van der Waals surface area contributed by atoms with Gasteiger partial charge in [-0.05, 0) is 31.3 Å². The van der Waals surface area contributed by atoms with Crippen LogP contribution >= 0.6 is 0 Å². The molecule has 0 amide bonds. The smallest absolute Gasteiger partial charge is 0.0400 e. The van der Waals surface area contributed by atoms with E-state index >= 15 is 0 Å². The molecule has 94 valence electrons. The summed E-state index contributed by atoms with van der Waals surface area (Å²) in [4.78, 5) is 2.18. The normalized spacial score (nSPS) is 10.6. The molecule has 2 nitrogen and oxygen atoms in total. The van der Waals surface area contributed by atoms with Gasteiger partial charge < -0.3 is 10.2 Å². The molecule has 0 fully saturated rings. The first kappa shape index (κ1) is 12.7. The van der Waals surface area contributed by atoms with Crippen molar-refractivity contribution in [1.82, 2.24) is 4.90 Å². The van der Waals surface area contributed by atoms with Gasteiger partial charge in [0.15, 0.2) is 0 Å². The Morgan fingerprint density at radius 2 is 1.56 bits per heavy atom. The first-order valence-electron chi connectivity index (χ1n) is 6.26. The van der Waals surface area contributed by atoms with Crippen molar-refractivity contribution in [2.75, 3.05) is 19.4 Å². The van der Waals surface area contributed by atoms with E-state index in [2.05, 4.69) is 72.8 Å².